The molecule has 53 heavy (non-hydrogen) atoms. The van der Waals surface area contributed by atoms with Crippen molar-refractivity contribution >= 4 is 23.5 Å². The lowest BCUT2D eigenvalue weighted by Crippen LogP contribution is -2.72. The SMILES string of the molecule is CCNCCN(CC)C(=O)/C(C)=C\CC12OC(C)(C)C3CC(C=C4C(=O)c5c(O)c6c(c(CC=C(C)C)c5OC431)OC(C)(CCC=C(C)C)C=C6)C2=O. The van der Waals surface area contributed by atoms with Gasteiger partial charge < -0.3 is 29.5 Å². The number of nitrogens with zero attached hydrogens (tertiary/aromatic N) is 1. The van der Waals surface area contributed by atoms with Gasteiger partial charge >= 0.3 is 0 Å². The zero-order chi connectivity index (χ0) is 38.7. The second-order valence-corrected chi connectivity index (χ2v) is 16.7. The molecule has 5 unspecified atom stereocenters. The van der Waals surface area contributed by atoms with E-state index in [-0.39, 0.29) is 46.9 Å². The summed E-state index contributed by atoms with van der Waals surface area (Å²) in [4.78, 5) is 45.2. The topological polar surface area (TPSA) is 114 Å². The van der Waals surface area contributed by atoms with Gasteiger partial charge in [-0.15, -0.1) is 0 Å². The Hall–Kier alpha value is -3.95. The summed E-state index contributed by atoms with van der Waals surface area (Å²) in [7, 11) is 0. The Morgan fingerprint density at radius 2 is 1.74 bits per heavy atom. The number of nitrogens with one attached hydrogen (secondary N) is 1. The summed E-state index contributed by atoms with van der Waals surface area (Å²) in [6, 6.07) is 0. The average Bonchev–Trinajstić information content (AvgIpc) is 3.25. The van der Waals surface area contributed by atoms with Crippen LogP contribution in [0.2, 0.25) is 0 Å². The Morgan fingerprint density at radius 1 is 1.02 bits per heavy atom. The number of benzene rings is 1. The number of fused-ring (bicyclic) bond motifs is 2. The van der Waals surface area contributed by atoms with Crippen molar-refractivity contribution in [2.45, 2.75) is 124 Å². The number of allylic oxidation sites excluding steroid dienone is 5. The Bertz CT molecular complexity index is 1870. The molecule has 5 atom stereocenters. The molecule has 1 aromatic carbocycles. The minimum atomic E-state index is -1.57. The first-order valence-corrected chi connectivity index (χ1v) is 19.4. The van der Waals surface area contributed by atoms with E-state index in [0.29, 0.717) is 66.9 Å². The number of ketones is 2. The number of ether oxygens (including phenoxy) is 3. The van der Waals surface area contributed by atoms with Gasteiger partial charge in [-0.2, -0.15) is 0 Å². The van der Waals surface area contributed by atoms with Crippen LogP contribution in [-0.4, -0.2) is 76.1 Å². The number of hydrogen-bond donors (Lipinski definition) is 2. The van der Waals surface area contributed by atoms with Crippen LogP contribution >= 0.6 is 0 Å². The molecular weight excluding hydrogens is 668 g/mol. The van der Waals surface area contributed by atoms with Gasteiger partial charge in [-0.25, -0.2) is 0 Å². The number of carbonyl (C=O) groups is 3. The minimum absolute atomic E-state index is 0.0620. The minimum Gasteiger partial charge on any atom is -0.506 e. The molecule has 2 fully saturated rings. The van der Waals surface area contributed by atoms with Gasteiger partial charge in [-0.05, 0) is 107 Å². The Kier molecular flexibility index (Phi) is 10.3. The predicted molar refractivity (Wildman–Crippen MR) is 207 cm³/mol. The van der Waals surface area contributed by atoms with Gasteiger partial charge in [0, 0.05) is 54.6 Å². The molecule has 6 aliphatic rings. The number of rotatable bonds is 13. The van der Waals surface area contributed by atoms with Crippen LogP contribution in [0.3, 0.4) is 0 Å². The molecule has 9 heteroatoms. The first-order valence-electron chi connectivity index (χ1n) is 19.4. The number of Topliss-reactive ketones (excluding diaryl/α,β-unsaturated/α-hetero) is 2. The molecule has 0 radical (unpaired) electrons. The van der Waals surface area contributed by atoms with E-state index < -0.39 is 28.3 Å². The van der Waals surface area contributed by atoms with Crippen LogP contribution in [0.5, 0.6) is 17.2 Å². The zero-order valence-electron chi connectivity index (χ0n) is 33.3. The highest BCUT2D eigenvalue weighted by molar-refractivity contribution is 6.19. The Labute approximate surface area is 315 Å². The fraction of sp³-hybridized carbons (Fsp3) is 0.568. The van der Waals surface area contributed by atoms with Gasteiger partial charge in [0.2, 0.25) is 5.91 Å². The third-order valence-electron chi connectivity index (χ3n) is 12.0. The maximum atomic E-state index is 15.0. The van der Waals surface area contributed by atoms with Crippen molar-refractivity contribution in [2.24, 2.45) is 11.8 Å². The van der Waals surface area contributed by atoms with Gasteiger partial charge in [0.05, 0.1) is 11.2 Å². The van der Waals surface area contributed by atoms with E-state index in [1.165, 1.54) is 5.57 Å². The predicted octanol–water partition coefficient (Wildman–Crippen LogP) is 7.61. The zero-order valence-corrected chi connectivity index (χ0v) is 33.3. The van der Waals surface area contributed by atoms with Crippen LogP contribution < -0.4 is 14.8 Å². The number of carbonyl (C=O) groups excluding carboxylic acids is 3. The fourth-order valence-electron chi connectivity index (χ4n) is 9.22. The quantitative estimate of drug-likeness (QED) is 0.121. The highest BCUT2D eigenvalue weighted by Gasteiger charge is 2.81. The number of hydrogen-bond acceptors (Lipinski definition) is 8. The molecule has 7 rings (SSSR count). The smallest absolute Gasteiger partial charge is 0.249 e. The molecule has 286 valence electrons. The van der Waals surface area contributed by atoms with Crippen LogP contribution in [0, 0.1) is 11.8 Å². The van der Waals surface area contributed by atoms with Crippen molar-refractivity contribution in [1.29, 1.82) is 0 Å². The van der Waals surface area contributed by atoms with Gasteiger partial charge in [0.15, 0.2) is 22.8 Å². The molecule has 3 aliphatic heterocycles. The summed E-state index contributed by atoms with van der Waals surface area (Å²) in [5, 5.41) is 15.2. The maximum Gasteiger partial charge on any atom is 0.249 e. The van der Waals surface area contributed by atoms with Crippen LogP contribution in [-0.2, 0) is 20.7 Å². The standard InChI is InChI=1S/C44H58N2O7/c1-11-45-22-23-46(12-2)40(50)28(7)17-21-43-39(49)29-24-32-36(48)34-35(47)30-18-20-42(10,19-13-14-26(3)4)51-37(30)31(16-15-27(5)6)38(34)52-44(32,43)33(25-29)41(8,9)53-43/h14-15,17-18,20,24,29,33,45,47H,11-13,16,19,21-23,25H2,1-10H3/b28-17-. The molecule has 9 nitrogen and oxygen atoms in total. The van der Waals surface area contributed by atoms with Gasteiger partial charge in [0.25, 0.3) is 0 Å². The molecule has 1 spiro atoms. The largest absolute Gasteiger partial charge is 0.506 e. The number of likely N-dealkylation sites (N-methyl/N-ethyl adjacent to an activating group) is 2. The summed E-state index contributed by atoms with van der Waals surface area (Å²) >= 11 is 0. The molecular formula is C44H58N2O7. The Morgan fingerprint density at radius 3 is 2.40 bits per heavy atom. The molecule has 1 aromatic rings. The molecule has 1 saturated carbocycles. The summed E-state index contributed by atoms with van der Waals surface area (Å²) in [5.74, 6) is -0.989. The highest BCUT2D eigenvalue weighted by Crippen LogP contribution is 2.68. The van der Waals surface area contributed by atoms with Crippen molar-refractivity contribution in [2.75, 3.05) is 26.2 Å². The van der Waals surface area contributed by atoms with Crippen molar-refractivity contribution in [3.63, 3.8) is 0 Å². The Balaban J connectivity index is 1.50. The van der Waals surface area contributed by atoms with Crippen LogP contribution in [0.1, 0.15) is 116 Å². The van der Waals surface area contributed by atoms with E-state index in [2.05, 4.69) is 31.3 Å². The summed E-state index contributed by atoms with van der Waals surface area (Å²) in [6.45, 7) is 22.5. The summed E-state index contributed by atoms with van der Waals surface area (Å²) < 4.78 is 21.1. The third-order valence-corrected chi connectivity index (χ3v) is 12.0. The number of aromatic hydroxyl groups is 1. The van der Waals surface area contributed by atoms with E-state index in [1.54, 1.807) is 24.0 Å². The van der Waals surface area contributed by atoms with Crippen molar-refractivity contribution in [3.8, 4) is 17.2 Å². The van der Waals surface area contributed by atoms with Gasteiger partial charge in [-0.1, -0.05) is 42.4 Å². The lowest BCUT2D eigenvalue weighted by Gasteiger charge is -2.56. The van der Waals surface area contributed by atoms with Crippen LogP contribution in [0.25, 0.3) is 6.08 Å². The second kappa shape index (κ2) is 14.0. The highest BCUT2D eigenvalue weighted by atomic mass is 16.6. The van der Waals surface area contributed by atoms with Gasteiger partial charge in [0.1, 0.15) is 28.4 Å². The molecule has 3 aliphatic carbocycles. The monoisotopic (exact) mass is 726 g/mol. The lowest BCUT2D eigenvalue weighted by molar-refractivity contribution is -0.171. The summed E-state index contributed by atoms with van der Waals surface area (Å²) in [6.07, 6.45) is 14.1. The van der Waals surface area contributed by atoms with Crippen LogP contribution in [0.4, 0.5) is 0 Å². The van der Waals surface area contributed by atoms with E-state index in [0.717, 1.165) is 18.5 Å². The molecule has 1 amide bonds. The number of phenols is 1. The third kappa shape index (κ3) is 6.21. The lowest BCUT2D eigenvalue weighted by atomic mass is 9.51. The molecule has 4 bridgehead atoms. The molecule has 1 saturated heterocycles. The molecule has 3 heterocycles. The fourth-order valence-corrected chi connectivity index (χ4v) is 9.22. The summed E-state index contributed by atoms with van der Waals surface area (Å²) in [5.41, 5.74) is -0.191. The van der Waals surface area contributed by atoms with E-state index in [1.807, 2.05) is 60.6 Å². The average molecular weight is 727 g/mol. The van der Waals surface area contributed by atoms with Crippen molar-refractivity contribution in [1.82, 2.24) is 10.2 Å². The second-order valence-electron chi connectivity index (χ2n) is 16.7. The van der Waals surface area contributed by atoms with E-state index in [4.69, 9.17) is 14.2 Å². The maximum absolute atomic E-state index is 15.0. The van der Waals surface area contributed by atoms with E-state index in [9.17, 15) is 19.5 Å². The number of amides is 1. The first-order chi connectivity index (χ1) is 25.0. The van der Waals surface area contributed by atoms with Crippen molar-refractivity contribution in [3.05, 3.63) is 69.4 Å². The molecule has 0 aromatic heterocycles. The van der Waals surface area contributed by atoms with Gasteiger partial charge in [-0.3, -0.25) is 14.4 Å². The molecule has 2 N–H and O–H groups in total. The van der Waals surface area contributed by atoms with Crippen molar-refractivity contribution < 1.29 is 33.7 Å². The number of phenolic OH excluding ortho intramolecular Hbond substituents is 1. The van der Waals surface area contributed by atoms with Crippen LogP contribution in [0.15, 0.2) is 52.7 Å². The van der Waals surface area contributed by atoms with E-state index >= 15 is 0 Å². The normalized spacial score (nSPS) is 28.6. The first kappa shape index (κ1) is 38.8.